The average molecular weight is 344 g/mol. The highest BCUT2D eigenvalue weighted by Gasteiger charge is 2.06. The van der Waals surface area contributed by atoms with Crippen molar-refractivity contribution in [3.05, 3.63) is 74.5 Å². The van der Waals surface area contributed by atoms with Crippen LogP contribution in [0.25, 0.3) is 11.3 Å². The van der Waals surface area contributed by atoms with Crippen LogP contribution in [0.1, 0.15) is 16.1 Å². The van der Waals surface area contributed by atoms with Gasteiger partial charge < -0.3 is 0 Å². The Kier molecular flexibility index (Phi) is 3.99. The molecular formula is C17H14BrNS. The van der Waals surface area contributed by atoms with Crippen molar-refractivity contribution < 1.29 is 0 Å². The second-order valence-electron chi connectivity index (χ2n) is 4.80. The molecule has 0 saturated carbocycles. The van der Waals surface area contributed by atoms with Gasteiger partial charge in [0.25, 0.3) is 0 Å². The Labute approximate surface area is 131 Å². The van der Waals surface area contributed by atoms with Crippen LogP contribution in [0.2, 0.25) is 0 Å². The van der Waals surface area contributed by atoms with Crippen molar-refractivity contribution in [2.24, 2.45) is 0 Å². The number of thiazole rings is 1. The minimum Gasteiger partial charge on any atom is -0.241 e. The van der Waals surface area contributed by atoms with Crippen molar-refractivity contribution in [3.8, 4) is 11.3 Å². The summed E-state index contributed by atoms with van der Waals surface area (Å²) in [6, 6.07) is 16.9. The average Bonchev–Trinajstić information content (AvgIpc) is 2.87. The first-order valence-corrected chi connectivity index (χ1v) is 8.14. The molecule has 0 spiro atoms. The van der Waals surface area contributed by atoms with Crippen molar-refractivity contribution in [1.82, 2.24) is 4.98 Å². The van der Waals surface area contributed by atoms with Crippen LogP contribution in [0.5, 0.6) is 0 Å². The highest BCUT2D eigenvalue weighted by atomic mass is 79.9. The molecule has 0 radical (unpaired) electrons. The zero-order valence-corrected chi connectivity index (χ0v) is 13.5. The maximum Gasteiger partial charge on any atom is 0.0976 e. The van der Waals surface area contributed by atoms with Crippen LogP contribution in [0.4, 0.5) is 0 Å². The molecule has 0 amide bonds. The predicted molar refractivity (Wildman–Crippen MR) is 89.2 cm³/mol. The number of hydrogen-bond donors (Lipinski definition) is 0. The molecule has 100 valence electrons. The summed E-state index contributed by atoms with van der Waals surface area (Å²) in [4.78, 5) is 4.74. The first-order chi connectivity index (χ1) is 9.70. The van der Waals surface area contributed by atoms with Gasteiger partial charge in [-0.05, 0) is 24.6 Å². The van der Waals surface area contributed by atoms with Gasteiger partial charge in [0.05, 0.1) is 10.7 Å². The third-order valence-electron chi connectivity index (χ3n) is 3.11. The lowest BCUT2D eigenvalue weighted by atomic mass is 10.1. The van der Waals surface area contributed by atoms with Crippen molar-refractivity contribution in [2.45, 2.75) is 13.3 Å². The molecule has 0 atom stereocenters. The summed E-state index contributed by atoms with van der Waals surface area (Å²) in [7, 11) is 0. The zero-order chi connectivity index (χ0) is 13.9. The Morgan fingerprint density at radius 3 is 2.75 bits per heavy atom. The van der Waals surface area contributed by atoms with E-state index >= 15 is 0 Å². The molecule has 3 rings (SSSR count). The number of halogens is 1. The Morgan fingerprint density at radius 1 is 1.10 bits per heavy atom. The first kappa shape index (κ1) is 13.5. The monoisotopic (exact) mass is 343 g/mol. The second-order valence-corrected chi connectivity index (χ2v) is 6.66. The second kappa shape index (κ2) is 5.90. The fourth-order valence-electron chi connectivity index (χ4n) is 2.17. The van der Waals surface area contributed by atoms with E-state index in [0.717, 1.165) is 27.2 Å². The Bertz CT molecular complexity index is 733. The fourth-order valence-corrected chi connectivity index (χ4v) is 3.41. The number of nitrogens with zero attached hydrogens (tertiary/aromatic N) is 1. The van der Waals surface area contributed by atoms with Crippen LogP contribution in [-0.2, 0) is 6.42 Å². The smallest absolute Gasteiger partial charge is 0.0976 e. The van der Waals surface area contributed by atoms with E-state index in [9.17, 15) is 0 Å². The molecule has 1 aromatic heterocycles. The third kappa shape index (κ3) is 3.17. The molecule has 0 N–H and O–H groups in total. The van der Waals surface area contributed by atoms with Gasteiger partial charge >= 0.3 is 0 Å². The lowest BCUT2D eigenvalue weighted by Gasteiger charge is -2.00. The van der Waals surface area contributed by atoms with E-state index in [1.165, 1.54) is 11.1 Å². The largest absolute Gasteiger partial charge is 0.241 e. The molecule has 0 unspecified atom stereocenters. The summed E-state index contributed by atoms with van der Waals surface area (Å²) in [6.45, 7) is 2.12. The van der Waals surface area contributed by atoms with E-state index in [1.54, 1.807) is 11.3 Å². The first-order valence-electron chi connectivity index (χ1n) is 6.46. The molecule has 0 saturated heterocycles. The molecule has 3 aromatic rings. The van der Waals surface area contributed by atoms with Gasteiger partial charge in [-0.2, -0.15) is 0 Å². The summed E-state index contributed by atoms with van der Waals surface area (Å²) >= 11 is 5.23. The van der Waals surface area contributed by atoms with E-state index in [2.05, 4.69) is 64.6 Å². The standard InChI is InChI=1S/C17H14BrNS/c1-12-4-2-5-13(8-12)9-17-19-16(11-20-17)14-6-3-7-15(18)10-14/h2-8,10-11H,9H2,1H3. The topological polar surface area (TPSA) is 12.9 Å². The lowest BCUT2D eigenvalue weighted by Crippen LogP contribution is -1.88. The molecule has 0 aliphatic carbocycles. The SMILES string of the molecule is Cc1cccc(Cc2nc(-c3cccc(Br)c3)cs2)c1. The van der Waals surface area contributed by atoms with Crippen LogP contribution in [0.3, 0.4) is 0 Å². The van der Waals surface area contributed by atoms with Gasteiger partial charge in [-0.3, -0.25) is 0 Å². The van der Waals surface area contributed by atoms with Crippen LogP contribution in [-0.4, -0.2) is 4.98 Å². The van der Waals surface area contributed by atoms with Crippen molar-refractivity contribution in [2.75, 3.05) is 0 Å². The molecule has 1 nitrogen and oxygen atoms in total. The molecular weight excluding hydrogens is 330 g/mol. The zero-order valence-electron chi connectivity index (χ0n) is 11.1. The van der Waals surface area contributed by atoms with E-state index in [-0.39, 0.29) is 0 Å². The quantitative estimate of drug-likeness (QED) is 0.614. The minimum atomic E-state index is 0.903. The fraction of sp³-hybridized carbons (Fsp3) is 0.118. The van der Waals surface area contributed by atoms with Crippen molar-refractivity contribution >= 4 is 27.3 Å². The number of hydrogen-bond acceptors (Lipinski definition) is 2. The van der Waals surface area contributed by atoms with Gasteiger partial charge in [-0.15, -0.1) is 11.3 Å². The number of rotatable bonds is 3. The summed E-state index contributed by atoms with van der Waals surface area (Å²) in [6.07, 6.45) is 0.903. The van der Waals surface area contributed by atoms with Crippen molar-refractivity contribution in [1.29, 1.82) is 0 Å². The molecule has 3 heteroatoms. The minimum absolute atomic E-state index is 0.903. The molecule has 1 heterocycles. The molecule has 0 aliphatic heterocycles. The van der Waals surface area contributed by atoms with Gasteiger partial charge in [-0.25, -0.2) is 4.98 Å². The highest BCUT2D eigenvalue weighted by Crippen LogP contribution is 2.25. The summed E-state index contributed by atoms with van der Waals surface area (Å²) in [5, 5.41) is 3.29. The molecule has 2 aromatic carbocycles. The molecule has 20 heavy (non-hydrogen) atoms. The van der Waals surface area contributed by atoms with Crippen LogP contribution < -0.4 is 0 Å². The third-order valence-corrected chi connectivity index (χ3v) is 4.45. The Hall–Kier alpha value is -1.45. The number of aromatic nitrogens is 1. The van der Waals surface area contributed by atoms with Gasteiger partial charge in [0.2, 0.25) is 0 Å². The van der Waals surface area contributed by atoms with Gasteiger partial charge in [0, 0.05) is 21.8 Å². The van der Waals surface area contributed by atoms with Gasteiger partial charge in [-0.1, -0.05) is 57.9 Å². The highest BCUT2D eigenvalue weighted by molar-refractivity contribution is 9.10. The maximum absolute atomic E-state index is 4.74. The molecule has 0 bridgehead atoms. The van der Waals surface area contributed by atoms with E-state index in [1.807, 2.05) is 12.1 Å². The number of benzene rings is 2. The Morgan fingerprint density at radius 2 is 1.95 bits per heavy atom. The Balaban J connectivity index is 1.84. The summed E-state index contributed by atoms with van der Waals surface area (Å²) < 4.78 is 1.09. The molecule has 0 aliphatic rings. The van der Waals surface area contributed by atoms with Gasteiger partial charge in [0.15, 0.2) is 0 Å². The number of aryl methyl sites for hydroxylation is 1. The molecule has 0 fully saturated rings. The van der Waals surface area contributed by atoms with E-state index < -0.39 is 0 Å². The summed E-state index contributed by atoms with van der Waals surface area (Å²) in [5.74, 6) is 0. The normalized spacial score (nSPS) is 10.7. The lowest BCUT2D eigenvalue weighted by molar-refractivity contribution is 1.13. The summed E-state index contributed by atoms with van der Waals surface area (Å²) in [5.41, 5.74) is 4.83. The maximum atomic E-state index is 4.74. The predicted octanol–water partition coefficient (Wildman–Crippen LogP) is 5.47. The van der Waals surface area contributed by atoms with Crippen LogP contribution in [0, 0.1) is 6.92 Å². The van der Waals surface area contributed by atoms with E-state index in [0.29, 0.717) is 0 Å². The van der Waals surface area contributed by atoms with Gasteiger partial charge in [0.1, 0.15) is 0 Å². The van der Waals surface area contributed by atoms with Crippen molar-refractivity contribution in [3.63, 3.8) is 0 Å². The van der Waals surface area contributed by atoms with Crippen LogP contribution in [0.15, 0.2) is 58.4 Å². The van der Waals surface area contributed by atoms with E-state index in [4.69, 9.17) is 4.98 Å². The van der Waals surface area contributed by atoms with Crippen LogP contribution >= 0.6 is 27.3 Å².